The lowest BCUT2D eigenvalue weighted by Crippen LogP contribution is -2.29. The fraction of sp³-hybridized carbons (Fsp3) is 0.286. The Balaban J connectivity index is 1.76. The standard InChI is InChI=1S/C14H17N5O/c1-10-8-13(19-18-11(10)2)16-6-7-17-14(20)12-4-3-5-15-9-12/h3-5,8-9H,6-7H2,1-2H3,(H,16,19)(H,17,20). The van der Waals surface area contributed by atoms with Gasteiger partial charge in [0.15, 0.2) is 0 Å². The summed E-state index contributed by atoms with van der Waals surface area (Å²) in [4.78, 5) is 15.7. The van der Waals surface area contributed by atoms with Gasteiger partial charge in [0.1, 0.15) is 5.82 Å². The van der Waals surface area contributed by atoms with Gasteiger partial charge in [-0.3, -0.25) is 9.78 Å². The minimum absolute atomic E-state index is 0.133. The Kier molecular flexibility index (Phi) is 4.60. The number of aryl methyl sites for hydroxylation is 2. The molecule has 2 aromatic rings. The summed E-state index contributed by atoms with van der Waals surface area (Å²) >= 11 is 0. The molecule has 0 saturated carbocycles. The summed E-state index contributed by atoms with van der Waals surface area (Å²) in [5.41, 5.74) is 2.56. The van der Waals surface area contributed by atoms with Gasteiger partial charge in [0, 0.05) is 25.5 Å². The number of aromatic nitrogens is 3. The van der Waals surface area contributed by atoms with Crippen LogP contribution < -0.4 is 10.6 Å². The van der Waals surface area contributed by atoms with Gasteiger partial charge in [-0.1, -0.05) is 0 Å². The van der Waals surface area contributed by atoms with Crippen molar-refractivity contribution in [3.8, 4) is 0 Å². The number of carbonyl (C=O) groups excluding carboxylic acids is 1. The van der Waals surface area contributed by atoms with E-state index >= 15 is 0 Å². The quantitative estimate of drug-likeness (QED) is 0.802. The van der Waals surface area contributed by atoms with Gasteiger partial charge in [0.25, 0.3) is 5.91 Å². The van der Waals surface area contributed by atoms with Crippen LogP contribution >= 0.6 is 0 Å². The van der Waals surface area contributed by atoms with Gasteiger partial charge in [-0.05, 0) is 37.6 Å². The zero-order valence-corrected chi connectivity index (χ0v) is 11.6. The summed E-state index contributed by atoms with van der Waals surface area (Å²) < 4.78 is 0. The first-order valence-corrected chi connectivity index (χ1v) is 6.40. The number of hydrogen-bond acceptors (Lipinski definition) is 5. The number of pyridine rings is 1. The highest BCUT2D eigenvalue weighted by Crippen LogP contribution is 2.06. The zero-order valence-electron chi connectivity index (χ0n) is 11.6. The maximum absolute atomic E-state index is 11.7. The summed E-state index contributed by atoms with van der Waals surface area (Å²) in [5.74, 6) is 0.579. The Morgan fingerprint density at radius 3 is 2.80 bits per heavy atom. The van der Waals surface area contributed by atoms with E-state index in [1.807, 2.05) is 19.9 Å². The number of carbonyl (C=O) groups is 1. The molecular weight excluding hydrogens is 254 g/mol. The topological polar surface area (TPSA) is 79.8 Å². The zero-order chi connectivity index (χ0) is 14.4. The molecular formula is C14H17N5O. The molecule has 0 fully saturated rings. The van der Waals surface area contributed by atoms with Gasteiger partial charge in [-0.25, -0.2) is 0 Å². The van der Waals surface area contributed by atoms with E-state index in [1.54, 1.807) is 18.3 Å². The summed E-state index contributed by atoms with van der Waals surface area (Å²) in [6, 6.07) is 5.40. The molecule has 0 atom stereocenters. The van der Waals surface area contributed by atoms with Gasteiger partial charge in [-0.15, -0.1) is 5.10 Å². The third kappa shape index (κ3) is 3.74. The van der Waals surface area contributed by atoms with Crippen molar-refractivity contribution in [3.63, 3.8) is 0 Å². The van der Waals surface area contributed by atoms with E-state index in [-0.39, 0.29) is 5.91 Å². The van der Waals surface area contributed by atoms with Crippen LogP contribution in [-0.4, -0.2) is 34.2 Å². The average Bonchev–Trinajstić information content (AvgIpc) is 2.48. The largest absolute Gasteiger partial charge is 0.367 e. The maximum Gasteiger partial charge on any atom is 0.252 e. The Morgan fingerprint density at radius 1 is 1.25 bits per heavy atom. The van der Waals surface area contributed by atoms with Gasteiger partial charge < -0.3 is 10.6 Å². The van der Waals surface area contributed by atoms with Crippen LogP contribution in [0.2, 0.25) is 0 Å². The highest BCUT2D eigenvalue weighted by Gasteiger charge is 2.04. The second kappa shape index (κ2) is 6.60. The molecule has 0 unspecified atom stereocenters. The van der Waals surface area contributed by atoms with E-state index < -0.39 is 0 Å². The van der Waals surface area contributed by atoms with E-state index in [9.17, 15) is 4.79 Å². The Labute approximate surface area is 117 Å². The van der Waals surface area contributed by atoms with Crippen LogP contribution in [-0.2, 0) is 0 Å². The molecule has 0 aliphatic heterocycles. The van der Waals surface area contributed by atoms with Crippen LogP contribution in [0.5, 0.6) is 0 Å². The second-order valence-corrected chi connectivity index (χ2v) is 4.42. The first-order chi connectivity index (χ1) is 9.66. The van der Waals surface area contributed by atoms with Crippen molar-refractivity contribution in [2.45, 2.75) is 13.8 Å². The third-order valence-electron chi connectivity index (χ3n) is 2.87. The maximum atomic E-state index is 11.7. The lowest BCUT2D eigenvalue weighted by Gasteiger charge is -2.08. The molecule has 2 aromatic heterocycles. The minimum Gasteiger partial charge on any atom is -0.367 e. The van der Waals surface area contributed by atoms with Gasteiger partial charge in [-0.2, -0.15) is 5.10 Å². The number of hydrogen-bond donors (Lipinski definition) is 2. The summed E-state index contributed by atoms with van der Waals surface area (Å²) in [6.07, 6.45) is 3.17. The molecule has 0 aliphatic rings. The van der Waals surface area contributed by atoms with Gasteiger partial charge >= 0.3 is 0 Å². The molecule has 0 bridgehead atoms. The molecule has 104 valence electrons. The van der Waals surface area contributed by atoms with Crippen molar-refractivity contribution < 1.29 is 4.79 Å². The van der Waals surface area contributed by atoms with Crippen molar-refractivity contribution in [2.24, 2.45) is 0 Å². The molecule has 0 spiro atoms. The van der Waals surface area contributed by atoms with Crippen LogP contribution in [0.3, 0.4) is 0 Å². The molecule has 1 amide bonds. The Bertz CT molecular complexity index is 585. The molecule has 2 rings (SSSR count). The van der Waals surface area contributed by atoms with Crippen molar-refractivity contribution in [2.75, 3.05) is 18.4 Å². The number of rotatable bonds is 5. The predicted molar refractivity (Wildman–Crippen MR) is 76.6 cm³/mol. The van der Waals surface area contributed by atoms with E-state index in [1.165, 1.54) is 6.20 Å². The predicted octanol–water partition coefficient (Wildman–Crippen LogP) is 1.33. The first-order valence-electron chi connectivity index (χ1n) is 6.40. The van der Waals surface area contributed by atoms with Crippen LogP contribution in [0.15, 0.2) is 30.6 Å². The molecule has 6 nitrogen and oxygen atoms in total. The highest BCUT2D eigenvalue weighted by atomic mass is 16.1. The molecule has 0 saturated heterocycles. The van der Waals surface area contributed by atoms with Crippen LogP contribution in [0.25, 0.3) is 0 Å². The monoisotopic (exact) mass is 271 g/mol. The van der Waals surface area contributed by atoms with Crippen LogP contribution in [0.1, 0.15) is 21.6 Å². The molecule has 0 radical (unpaired) electrons. The molecule has 6 heteroatoms. The fourth-order valence-corrected chi connectivity index (χ4v) is 1.60. The molecule has 0 aliphatic carbocycles. The summed E-state index contributed by atoms with van der Waals surface area (Å²) in [6.45, 7) is 4.99. The summed E-state index contributed by atoms with van der Waals surface area (Å²) in [7, 11) is 0. The van der Waals surface area contributed by atoms with Crippen LogP contribution in [0.4, 0.5) is 5.82 Å². The van der Waals surface area contributed by atoms with E-state index in [4.69, 9.17) is 0 Å². The fourth-order valence-electron chi connectivity index (χ4n) is 1.60. The average molecular weight is 271 g/mol. The highest BCUT2D eigenvalue weighted by molar-refractivity contribution is 5.93. The lowest BCUT2D eigenvalue weighted by atomic mass is 10.2. The smallest absolute Gasteiger partial charge is 0.252 e. The van der Waals surface area contributed by atoms with E-state index in [0.717, 1.165) is 11.3 Å². The van der Waals surface area contributed by atoms with E-state index in [2.05, 4.69) is 25.8 Å². The lowest BCUT2D eigenvalue weighted by molar-refractivity contribution is 0.0955. The van der Waals surface area contributed by atoms with Crippen molar-refractivity contribution in [1.29, 1.82) is 0 Å². The van der Waals surface area contributed by atoms with Gasteiger partial charge in [0.05, 0.1) is 11.3 Å². The second-order valence-electron chi connectivity index (χ2n) is 4.42. The van der Waals surface area contributed by atoms with Crippen molar-refractivity contribution >= 4 is 11.7 Å². The molecule has 20 heavy (non-hydrogen) atoms. The van der Waals surface area contributed by atoms with Gasteiger partial charge in [0.2, 0.25) is 0 Å². The third-order valence-corrected chi connectivity index (χ3v) is 2.87. The first kappa shape index (κ1) is 13.9. The summed E-state index contributed by atoms with van der Waals surface area (Å²) in [5, 5.41) is 14.0. The number of anilines is 1. The molecule has 2 N–H and O–H groups in total. The Morgan fingerprint density at radius 2 is 2.10 bits per heavy atom. The van der Waals surface area contributed by atoms with Crippen molar-refractivity contribution in [1.82, 2.24) is 20.5 Å². The SMILES string of the molecule is Cc1cc(NCCNC(=O)c2cccnc2)nnc1C. The number of nitrogens with zero attached hydrogens (tertiary/aromatic N) is 3. The Hall–Kier alpha value is -2.50. The van der Waals surface area contributed by atoms with Crippen molar-refractivity contribution in [3.05, 3.63) is 47.4 Å². The van der Waals surface area contributed by atoms with Crippen LogP contribution in [0, 0.1) is 13.8 Å². The van der Waals surface area contributed by atoms with E-state index in [0.29, 0.717) is 24.5 Å². The molecule has 0 aromatic carbocycles. The minimum atomic E-state index is -0.133. The number of amides is 1. The molecule has 2 heterocycles. The number of nitrogens with one attached hydrogen (secondary N) is 2. The normalized spacial score (nSPS) is 10.1.